The van der Waals surface area contributed by atoms with Crippen molar-refractivity contribution >= 4 is 16.9 Å². The summed E-state index contributed by atoms with van der Waals surface area (Å²) < 4.78 is 18.4. The minimum atomic E-state index is -0.444. The SMILES string of the molecule is CC(C)C(O)CCNC(=O)c1cc2cc(F)ccc2o1. The van der Waals surface area contributed by atoms with Gasteiger partial charge in [0.05, 0.1) is 6.10 Å². The second-order valence-corrected chi connectivity index (χ2v) is 5.15. The molecule has 0 saturated carbocycles. The first-order valence-corrected chi connectivity index (χ1v) is 6.62. The van der Waals surface area contributed by atoms with E-state index < -0.39 is 6.10 Å². The summed E-state index contributed by atoms with van der Waals surface area (Å²) in [6, 6.07) is 5.60. The summed E-state index contributed by atoms with van der Waals surface area (Å²) in [5.41, 5.74) is 0.471. The number of aliphatic hydroxyl groups is 1. The van der Waals surface area contributed by atoms with Crippen molar-refractivity contribution in [3.63, 3.8) is 0 Å². The van der Waals surface area contributed by atoms with Crippen LogP contribution in [0, 0.1) is 11.7 Å². The van der Waals surface area contributed by atoms with E-state index in [9.17, 15) is 14.3 Å². The molecule has 0 fully saturated rings. The van der Waals surface area contributed by atoms with Gasteiger partial charge in [0.25, 0.3) is 5.91 Å². The van der Waals surface area contributed by atoms with Crippen molar-refractivity contribution in [3.05, 3.63) is 35.8 Å². The normalized spacial score (nSPS) is 12.8. The maximum Gasteiger partial charge on any atom is 0.287 e. The van der Waals surface area contributed by atoms with E-state index in [1.54, 1.807) is 0 Å². The number of fused-ring (bicyclic) bond motifs is 1. The molecule has 0 aliphatic carbocycles. The highest BCUT2D eigenvalue weighted by molar-refractivity contribution is 5.96. The van der Waals surface area contributed by atoms with Crippen LogP contribution in [0.1, 0.15) is 30.8 Å². The Morgan fingerprint density at radius 2 is 2.15 bits per heavy atom. The third-order valence-electron chi connectivity index (χ3n) is 3.20. The summed E-state index contributed by atoms with van der Waals surface area (Å²) in [6.07, 6.45) is 0.0400. The molecular weight excluding hydrogens is 261 g/mol. The Morgan fingerprint density at radius 1 is 1.40 bits per heavy atom. The largest absolute Gasteiger partial charge is 0.451 e. The Morgan fingerprint density at radius 3 is 2.85 bits per heavy atom. The lowest BCUT2D eigenvalue weighted by molar-refractivity contribution is 0.0896. The Bertz CT molecular complexity index is 606. The molecule has 1 aromatic heterocycles. The molecule has 2 aromatic rings. The molecule has 1 atom stereocenters. The van der Waals surface area contributed by atoms with Crippen molar-refractivity contribution in [3.8, 4) is 0 Å². The molecule has 0 aliphatic heterocycles. The van der Waals surface area contributed by atoms with E-state index in [0.29, 0.717) is 23.9 Å². The van der Waals surface area contributed by atoms with Crippen LogP contribution in [0.5, 0.6) is 0 Å². The number of halogens is 1. The number of carbonyl (C=O) groups excluding carboxylic acids is 1. The highest BCUT2D eigenvalue weighted by Gasteiger charge is 2.14. The fourth-order valence-corrected chi connectivity index (χ4v) is 1.88. The summed E-state index contributed by atoms with van der Waals surface area (Å²) in [4.78, 5) is 11.9. The molecule has 2 rings (SSSR count). The van der Waals surface area contributed by atoms with E-state index in [4.69, 9.17) is 4.42 Å². The molecule has 1 heterocycles. The highest BCUT2D eigenvalue weighted by Crippen LogP contribution is 2.20. The van der Waals surface area contributed by atoms with Gasteiger partial charge >= 0.3 is 0 Å². The first kappa shape index (κ1) is 14.5. The predicted molar refractivity (Wildman–Crippen MR) is 74.0 cm³/mol. The zero-order chi connectivity index (χ0) is 14.7. The topological polar surface area (TPSA) is 62.5 Å². The number of carbonyl (C=O) groups is 1. The third kappa shape index (κ3) is 3.36. The number of hydrogen-bond acceptors (Lipinski definition) is 3. The molecule has 0 aliphatic rings. The summed E-state index contributed by atoms with van der Waals surface area (Å²) in [5, 5.41) is 12.9. The van der Waals surface area contributed by atoms with Gasteiger partial charge in [0.1, 0.15) is 11.4 Å². The Labute approximate surface area is 116 Å². The van der Waals surface area contributed by atoms with Crippen LogP contribution in [0.4, 0.5) is 4.39 Å². The molecular formula is C15H18FNO3. The van der Waals surface area contributed by atoms with Crippen LogP contribution in [-0.4, -0.2) is 23.7 Å². The van der Waals surface area contributed by atoms with E-state index in [1.807, 2.05) is 13.8 Å². The van der Waals surface area contributed by atoms with Crippen molar-refractivity contribution in [2.24, 2.45) is 5.92 Å². The standard InChI is InChI=1S/C15H18FNO3/c1-9(2)12(18)5-6-17-15(19)14-8-10-7-11(16)3-4-13(10)20-14/h3-4,7-9,12,18H,5-6H2,1-2H3,(H,17,19). The number of hydrogen-bond donors (Lipinski definition) is 2. The Balaban J connectivity index is 1.97. The average molecular weight is 279 g/mol. The quantitative estimate of drug-likeness (QED) is 0.884. The zero-order valence-corrected chi connectivity index (χ0v) is 11.5. The van der Waals surface area contributed by atoms with Crippen molar-refractivity contribution in [2.75, 3.05) is 6.54 Å². The molecule has 0 bridgehead atoms. The van der Waals surface area contributed by atoms with E-state index in [0.717, 1.165) is 0 Å². The lowest BCUT2D eigenvalue weighted by Crippen LogP contribution is -2.28. The highest BCUT2D eigenvalue weighted by atomic mass is 19.1. The monoisotopic (exact) mass is 279 g/mol. The van der Waals surface area contributed by atoms with E-state index in [-0.39, 0.29) is 23.4 Å². The van der Waals surface area contributed by atoms with Gasteiger partial charge in [-0.25, -0.2) is 4.39 Å². The maximum atomic E-state index is 13.0. The summed E-state index contributed by atoms with van der Waals surface area (Å²) in [5.74, 6) is -0.436. The molecule has 4 nitrogen and oxygen atoms in total. The van der Waals surface area contributed by atoms with Crippen LogP contribution < -0.4 is 5.32 Å². The molecule has 1 amide bonds. The van der Waals surface area contributed by atoms with Gasteiger partial charge in [0, 0.05) is 11.9 Å². The van der Waals surface area contributed by atoms with Crippen LogP contribution in [0.15, 0.2) is 28.7 Å². The summed E-state index contributed by atoms with van der Waals surface area (Å²) >= 11 is 0. The molecule has 1 aromatic carbocycles. The van der Waals surface area contributed by atoms with Gasteiger partial charge in [-0.1, -0.05) is 13.8 Å². The number of benzene rings is 1. The second kappa shape index (κ2) is 6.05. The number of aliphatic hydroxyl groups excluding tert-OH is 1. The van der Waals surface area contributed by atoms with Crippen molar-refractivity contribution in [1.29, 1.82) is 0 Å². The molecule has 0 spiro atoms. The molecule has 20 heavy (non-hydrogen) atoms. The Kier molecular flexibility index (Phi) is 4.39. The van der Waals surface area contributed by atoms with Gasteiger partial charge in [-0.05, 0) is 36.6 Å². The van der Waals surface area contributed by atoms with Gasteiger partial charge in [-0.2, -0.15) is 0 Å². The van der Waals surface area contributed by atoms with Gasteiger partial charge in [-0.15, -0.1) is 0 Å². The van der Waals surface area contributed by atoms with Gasteiger partial charge in [-0.3, -0.25) is 4.79 Å². The molecule has 1 unspecified atom stereocenters. The number of nitrogens with one attached hydrogen (secondary N) is 1. The summed E-state index contributed by atoms with van der Waals surface area (Å²) in [7, 11) is 0. The number of furan rings is 1. The van der Waals surface area contributed by atoms with Gasteiger partial charge in [0.15, 0.2) is 5.76 Å². The fourth-order valence-electron chi connectivity index (χ4n) is 1.88. The first-order chi connectivity index (χ1) is 9.47. The van der Waals surface area contributed by atoms with Crippen molar-refractivity contribution in [1.82, 2.24) is 5.32 Å². The molecule has 2 N–H and O–H groups in total. The zero-order valence-electron chi connectivity index (χ0n) is 11.5. The van der Waals surface area contributed by atoms with Crippen LogP contribution in [0.25, 0.3) is 11.0 Å². The smallest absolute Gasteiger partial charge is 0.287 e. The molecule has 5 heteroatoms. The molecule has 108 valence electrons. The predicted octanol–water partition coefficient (Wildman–Crippen LogP) is 2.71. The minimum absolute atomic E-state index is 0.143. The van der Waals surface area contributed by atoms with Gasteiger partial charge in [0.2, 0.25) is 0 Å². The van der Waals surface area contributed by atoms with E-state index >= 15 is 0 Å². The number of amides is 1. The lowest BCUT2D eigenvalue weighted by Gasteiger charge is -2.13. The second-order valence-electron chi connectivity index (χ2n) is 5.15. The van der Waals surface area contributed by atoms with E-state index in [2.05, 4.69) is 5.32 Å². The van der Waals surface area contributed by atoms with E-state index in [1.165, 1.54) is 24.3 Å². The summed E-state index contributed by atoms with van der Waals surface area (Å²) in [6.45, 7) is 4.20. The van der Waals surface area contributed by atoms with Crippen LogP contribution in [-0.2, 0) is 0 Å². The molecule has 0 saturated heterocycles. The van der Waals surface area contributed by atoms with Gasteiger partial charge < -0.3 is 14.8 Å². The van der Waals surface area contributed by atoms with Crippen LogP contribution >= 0.6 is 0 Å². The minimum Gasteiger partial charge on any atom is -0.451 e. The van der Waals surface area contributed by atoms with Crippen molar-refractivity contribution in [2.45, 2.75) is 26.4 Å². The molecule has 0 radical (unpaired) electrons. The van der Waals surface area contributed by atoms with Crippen LogP contribution in [0.2, 0.25) is 0 Å². The lowest BCUT2D eigenvalue weighted by atomic mass is 10.0. The fraction of sp³-hybridized carbons (Fsp3) is 0.400. The average Bonchev–Trinajstić information content (AvgIpc) is 2.81. The van der Waals surface area contributed by atoms with Crippen molar-refractivity contribution < 1.29 is 18.7 Å². The first-order valence-electron chi connectivity index (χ1n) is 6.62. The number of rotatable bonds is 5. The van der Waals surface area contributed by atoms with Crippen LogP contribution in [0.3, 0.4) is 0 Å². The Hall–Kier alpha value is -1.88. The maximum absolute atomic E-state index is 13.0. The third-order valence-corrected chi connectivity index (χ3v) is 3.20.